The number of furan rings is 1. The maximum absolute atomic E-state index is 12.5. The first-order chi connectivity index (χ1) is 14.8. The van der Waals surface area contributed by atoms with Gasteiger partial charge in [-0.05, 0) is 42.8 Å². The Bertz CT molecular complexity index is 1220. The van der Waals surface area contributed by atoms with Crippen LogP contribution < -0.4 is 10.1 Å². The molecule has 0 atom stereocenters. The van der Waals surface area contributed by atoms with E-state index in [0.717, 1.165) is 5.56 Å². The van der Waals surface area contributed by atoms with Gasteiger partial charge in [0.05, 0.1) is 34.4 Å². The van der Waals surface area contributed by atoms with Crippen molar-refractivity contribution in [2.24, 2.45) is 0 Å². The number of aryl methyl sites for hydroxylation is 1. The number of para-hydroxylation sites is 1. The molecule has 0 bridgehead atoms. The summed E-state index contributed by atoms with van der Waals surface area (Å²) < 4.78 is 10.7. The average Bonchev–Trinajstić information content (AvgIpc) is 3.22. The van der Waals surface area contributed by atoms with Crippen molar-refractivity contribution in [2.45, 2.75) is 6.92 Å². The van der Waals surface area contributed by atoms with E-state index in [1.807, 2.05) is 6.07 Å². The number of anilines is 1. The van der Waals surface area contributed by atoms with E-state index in [0.29, 0.717) is 16.5 Å². The van der Waals surface area contributed by atoms with Crippen LogP contribution in [-0.4, -0.2) is 17.9 Å². The van der Waals surface area contributed by atoms with Crippen LogP contribution in [0.4, 0.5) is 11.4 Å². The van der Waals surface area contributed by atoms with Crippen molar-refractivity contribution in [3.63, 3.8) is 0 Å². The first-order valence-corrected chi connectivity index (χ1v) is 9.32. The Morgan fingerprint density at radius 1 is 1.29 bits per heavy atom. The highest BCUT2D eigenvalue weighted by Crippen LogP contribution is 2.34. The van der Waals surface area contributed by atoms with Crippen LogP contribution in [0.5, 0.6) is 5.75 Å². The van der Waals surface area contributed by atoms with Crippen molar-refractivity contribution in [1.29, 1.82) is 5.26 Å². The minimum atomic E-state index is -0.660. The highest BCUT2D eigenvalue weighted by molar-refractivity contribution is 6.34. The molecule has 0 unspecified atom stereocenters. The molecule has 0 fully saturated rings. The minimum Gasteiger partial charge on any atom is -0.497 e. The summed E-state index contributed by atoms with van der Waals surface area (Å²) in [5, 5.41) is 23.8. The molecule has 1 amide bonds. The highest BCUT2D eigenvalue weighted by Gasteiger charge is 2.20. The van der Waals surface area contributed by atoms with Crippen molar-refractivity contribution in [3.05, 3.63) is 80.6 Å². The Labute approximate surface area is 182 Å². The molecule has 0 radical (unpaired) electrons. The topological polar surface area (TPSA) is 118 Å². The summed E-state index contributed by atoms with van der Waals surface area (Å²) in [6.45, 7) is 1.78. The van der Waals surface area contributed by atoms with Crippen LogP contribution in [0.3, 0.4) is 0 Å². The molecular weight excluding hydrogens is 422 g/mol. The van der Waals surface area contributed by atoms with Gasteiger partial charge in [-0.2, -0.15) is 5.26 Å². The number of nitro groups is 1. The molecule has 0 saturated heterocycles. The van der Waals surface area contributed by atoms with E-state index >= 15 is 0 Å². The number of carbonyl (C=O) groups excluding carboxylic acids is 1. The van der Waals surface area contributed by atoms with Crippen molar-refractivity contribution in [1.82, 2.24) is 0 Å². The molecule has 1 heterocycles. The van der Waals surface area contributed by atoms with Crippen LogP contribution in [0.25, 0.3) is 17.4 Å². The fourth-order valence-electron chi connectivity index (χ4n) is 2.83. The fraction of sp³-hybridized carbons (Fsp3) is 0.0909. The monoisotopic (exact) mass is 437 g/mol. The van der Waals surface area contributed by atoms with E-state index in [-0.39, 0.29) is 28.3 Å². The highest BCUT2D eigenvalue weighted by atomic mass is 35.5. The quantitative estimate of drug-likeness (QED) is 0.239. The Kier molecular flexibility index (Phi) is 6.38. The van der Waals surface area contributed by atoms with E-state index in [9.17, 15) is 20.2 Å². The number of hydrogen-bond acceptors (Lipinski definition) is 6. The van der Waals surface area contributed by atoms with E-state index in [1.54, 1.807) is 31.2 Å². The predicted molar refractivity (Wildman–Crippen MR) is 116 cm³/mol. The van der Waals surface area contributed by atoms with Gasteiger partial charge in [-0.15, -0.1) is 0 Å². The molecule has 3 rings (SSSR count). The number of nitrogens with one attached hydrogen (secondary N) is 1. The number of ether oxygens (including phenoxy) is 1. The van der Waals surface area contributed by atoms with E-state index in [4.69, 9.17) is 20.8 Å². The third kappa shape index (κ3) is 4.74. The molecule has 9 heteroatoms. The average molecular weight is 438 g/mol. The second-order valence-corrected chi connectivity index (χ2v) is 6.81. The number of rotatable bonds is 6. The van der Waals surface area contributed by atoms with Crippen LogP contribution in [0.2, 0.25) is 5.02 Å². The summed E-state index contributed by atoms with van der Waals surface area (Å²) in [6, 6.07) is 14.4. The summed E-state index contributed by atoms with van der Waals surface area (Å²) in [4.78, 5) is 23.4. The standard InChI is InChI=1S/C22H16ClN3O5/c1-13-4-3-5-18(23)21(13)25-22(27)14(12-24)10-16-7-9-20(31-16)17-8-6-15(30-2)11-19(17)26(28)29/h3-11H,1-2H3,(H,25,27). The van der Waals surface area contributed by atoms with Gasteiger partial charge >= 0.3 is 0 Å². The van der Waals surface area contributed by atoms with Crippen LogP contribution in [0.15, 0.2) is 58.5 Å². The Morgan fingerprint density at radius 3 is 2.71 bits per heavy atom. The summed E-state index contributed by atoms with van der Waals surface area (Å²) in [5.41, 5.74) is 0.968. The van der Waals surface area contributed by atoms with Gasteiger partial charge in [-0.3, -0.25) is 14.9 Å². The second-order valence-electron chi connectivity index (χ2n) is 6.40. The van der Waals surface area contributed by atoms with Crippen LogP contribution in [0.1, 0.15) is 11.3 Å². The summed E-state index contributed by atoms with van der Waals surface area (Å²) in [7, 11) is 1.41. The SMILES string of the molecule is COc1ccc(-c2ccc(C=C(C#N)C(=O)Nc3c(C)cccc3Cl)o2)c([N+](=O)[O-])c1. The van der Waals surface area contributed by atoms with Gasteiger partial charge in [0.2, 0.25) is 0 Å². The third-order valence-electron chi connectivity index (χ3n) is 4.41. The normalized spacial score (nSPS) is 11.0. The van der Waals surface area contributed by atoms with Crippen molar-refractivity contribution in [2.75, 3.05) is 12.4 Å². The van der Waals surface area contributed by atoms with Gasteiger partial charge < -0.3 is 14.5 Å². The summed E-state index contributed by atoms with van der Waals surface area (Å²) in [6.07, 6.45) is 1.25. The number of carbonyl (C=O) groups is 1. The molecule has 1 aromatic heterocycles. The molecule has 3 aromatic rings. The molecule has 0 spiro atoms. The Morgan fingerprint density at radius 2 is 2.06 bits per heavy atom. The molecule has 2 aromatic carbocycles. The maximum atomic E-state index is 12.5. The molecule has 0 saturated carbocycles. The van der Waals surface area contributed by atoms with Gasteiger partial charge in [-0.25, -0.2) is 0 Å². The van der Waals surface area contributed by atoms with E-state index < -0.39 is 10.8 Å². The Hall–Kier alpha value is -4.09. The number of hydrogen-bond donors (Lipinski definition) is 1. The van der Waals surface area contributed by atoms with E-state index in [2.05, 4.69) is 5.32 Å². The molecule has 0 aliphatic heterocycles. The van der Waals surface area contributed by atoms with Crippen LogP contribution in [0, 0.1) is 28.4 Å². The molecule has 0 aliphatic rings. The molecule has 0 aliphatic carbocycles. The first kappa shape index (κ1) is 21.6. The Balaban J connectivity index is 1.90. The van der Waals surface area contributed by atoms with Crippen LogP contribution >= 0.6 is 11.6 Å². The smallest absolute Gasteiger partial charge is 0.284 e. The molecule has 31 heavy (non-hydrogen) atoms. The lowest BCUT2D eigenvalue weighted by Crippen LogP contribution is -2.14. The number of halogens is 1. The van der Waals surface area contributed by atoms with Crippen LogP contribution in [-0.2, 0) is 4.79 Å². The number of amides is 1. The zero-order chi connectivity index (χ0) is 22.5. The maximum Gasteiger partial charge on any atom is 0.284 e. The predicted octanol–water partition coefficient (Wildman–Crippen LogP) is 5.37. The van der Waals surface area contributed by atoms with Gasteiger partial charge in [0.25, 0.3) is 11.6 Å². The van der Waals surface area contributed by atoms with Crippen molar-refractivity contribution < 1.29 is 18.9 Å². The zero-order valence-electron chi connectivity index (χ0n) is 16.5. The zero-order valence-corrected chi connectivity index (χ0v) is 17.3. The lowest BCUT2D eigenvalue weighted by Gasteiger charge is -2.09. The largest absolute Gasteiger partial charge is 0.497 e. The second kappa shape index (κ2) is 9.15. The summed E-state index contributed by atoms with van der Waals surface area (Å²) >= 11 is 6.12. The molecule has 8 nitrogen and oxygen atoms in total. The van der Waals surface area contributed by atoms with Gasteiger partial charge in [-0.1, -0.05) is 23.7 Å². The third-order valence-corrected chi connectivity index (χ3v) is 4.72. The number of nitro benzene ring substituents is 1. The molecule has 1 N–H and O–H groups in total. The minimum absolute atomic E-state index is 0.183. The van der Waals surface area contributed by atoms with Gasteiger partial charge in [0.15, 0.2) is 0 Å². The lowest BCUT2D eigenvalue weighted by atomic mass is 10.1. The summed E-state index contributed by atoms with van der Waals surface area (Å²) in [5.74, 6) is 0.0652. The van der Waals surface area contributed by atoms with Crippen molar-refractivity contribution in [3.8, 4) is 23.1 Å². The van der Waals surface area contributed by atoms with Gasteiger partial charge in [0, 0.05) is 6.08 Å². The van der Waals surface area contributed by atoms with Gasteiger partial charge in [0.1, 0.15) is 28.9 Å². The van der Waals surface area contributed by atoms with Crippen molar-refractivity contribution >= 4 is 35.0 Å². The fourth-order valence-corrected chi connectivity index (χ4v) is 3.10. The number of methoxy groups -OCH3 is 1. The molecule has 156 valence electrons. The number of benzene rings is 2. The lowest BCUT2D eigenvalue weighted by molar-refractivity contribution is -0.384. The number of nitrogens with zero attached hydrogens (tertiary/aromatic N) is 2. The van der Waals surface area contributed by atoms with E-state index in [1.165, 1.54) is 37.5 Å². The first-order valence-electron chi connectivity index (χ1n) is 8.95. The number of nitriles is 1. The molecular formula is C22H16ClN3O5.